The van der Waals surface area contributed by atoms with Gasteiger partial charge in [-0.3, -0.25) is 14.9 Å². The number of pyridine rings is 1. The van der Waals surface area contributed by atoms with Crippen LogP contribution in [-0.2, 0) is 0 Å². The number of amides is 1. The minimum atomic E-state index is -0.628. The first kappa shape index (κ1) is 13.3. The van der Waals surface area contributed by atoms with E-state index < -0.39 is 10.8 Å². The third-order valence-electron chi connectivity index (χ3n) is 2.46. The van der Waals surface area contributed by atoms with Crippen molar-refractivity contribution in [3.8, 4) is 5.75 Å². The van der Waals surface area contributed by atoms with Gasteiger partial charge in [-0.2, -0.15) is 0 Å². The average molecular weight is 274 g/mol. The van der Waals surface area contributed by atoms with Gasteiger partial charge in [0.1, 0.15) is 11.4 Å². The van der Waals surface area contributed by atoms with Gasteiger partial charge in [0.25, 0.3) is 11.6 Å². The highest BCUT2D eigenvalue weighted by atomic mass is 16.6. The molecule has 0 bridgehead atoms. The van der Waals surface area contributed by atoms with Crippen LogP contribution in [0.2, 0.25) is 0 Å². The van der Waals surface area contributed by atoms with Gasteiger partial charge in [0.2, 0.25) is 0 Å². The molecule has 4 N–H and O–H groups in total. The van der Waals surface area contributed by atoms with Crippen LogP contribution in [0.15, 0.2) is 36.5 Å². The monoisotopic (exact) mass is 274 g/mol. The lowest BCUT2D eigenvalue weighted by Crippen LogP contribution is -2.13. The number of carbonyl (C=O) groups is 1. The maximum Gasteiger partial charge on any atom is 0.274 e. The molecule has 0 fully saturated rings. The molecule has 0 atom stereocenters. The zero-order valence-corrected chi connectivity index (χ0v) is 10.1. The molecule has 0 saturated carbocycles. The van der Waals surface area contributed by atoms with Crippen molar-refractivity contribution in [3.63, 3.8) is 0 Å². The Morgan fingerprint density at radius 1 is 1.35 bits per heavy atom. The quantitative estimate of drug-likeness (QED) is 0.441. The highest BCUT2D eigenvalue weighted by Gasteiger charge is 2.14. The van der Waals surface area contributed by atoms with Crippen LogP contribution in [0.1, 0.15) is 10.5 Å². The Morgan fingerprint density at radius 2 is 2.10 bits per heavy atom. The van der Waals surface area contributed by atoms with E-state index in [0.29, 0.717) is 5.69 Å². The number of non-ortho nitro benzene ring substituents is 1. The second kappa shape index (κ2) is 5.22. The van der Waals surface area contributed by atoms with Crippen LogP contribution >= 0.6 is 0 Å². The van der Waals surface area contributed by atoms with Crippen LogP contribution in [0.3, 0.4) is 0 Å². The van der Waals surface area contributed by atoms with Crippen LogP contribution in [0.5, 0.6) is 5.75 Å². The predicted molar refractivity (Wildman–Crippen MR) is 71.4 cm³/mol. The molecular weight excluding hydrogens is 264 g/mol. The Labute approximate surface area is 113 Å². The molecule has 0 aliphatic carbocycles. The van der Waals surface area contributed by atoms with Crippen LogP contribution < -0.4 is 11.1 Å². The molecule has 2 aromatic rings. The number of phenolic OH excluding ortho intramolecular Hbond substituents is 1. The molecule has 0 radical (unpaired) electrons. The summed E-state index contributed by atoms with van der Waals surface area (Å²) in [7, 11) is 0. The molecule has 1 heterocycles. The summed E-state index contributed by atoms with van der Waals surface area (Å²) in [5.74, 6) is -0.889. The number of nitro benzene ring substituents is 1. The number of anilines is 2. The summed E-state index contributed by atoms with van der Waals surface area (Å²) in [6.45, 7) is 0. The molecule has 8 heteroatoms. The van der Waals surface area contributed by atoms with E-state index in [1.54, 1.807) is 0 Å². The van der Waals surface area contributed by atoms with Crippen LogP contribution in [-0.4, -0.2) is 20.9 Å². The van der Waals surface area contributed by atoms with Crippen molar-refractivity contribution < 1.29 is 14.8 Å². The van der Waals surface area contributed by atoms with E-state index in [1.807, 2.05) is 0 Å². The number of rotatable bonds is 3. The smallest absolute Gasteiger partial charge is 0.274 e. The van der Waals surface area contributed by atoms with E-state index in [-0.39, 0.29) is 22.8 Å². The summed E-state index contributed by atoms with van der Waals surface area (Å²) in [6, 6.07) is 6.22. The third-order valence-corrected chi connectivity index (χ3v) is 2.46. The van der Waals surface area contributed by atoms with Crippen LogP contribution in [0.25, 0.3) is 0 Å². The van der Waals surface area contributed by atoms with Crippen molar-refractivity contribution in [1.82, 2.24) is 4.98 Å². The molecule has 0 aliphatic rings. The number of phenols is 1. The number of nitrogens with one attached hydrogen (secondary N) is 1. The molecule has 2 rings (SSSR count). The minimum absolute atomic E-state index is 0.0668. The van der Waals surface area contributed by atoms with E-state index in [1.165, 1.54) is 18.3 Å². The highest BCUT2D eigenvalue weighted by molar-refractivity contribution is 6.03. The maximum absolute atomic E-state index is 11.9. The lowest BCUT2D eigenvalue weighted by molar-refractivity contribution is -0.384. The standard InChI is InChI=1S/C12H10N4O4/c13-7-1-3-9(14-6-7)12(18)15-10-5-8(16(19)20)2-4-11(10)17/h1-6,17H,13H2,(H,15,18). The molecule has 0 saturated heterocycles. The van der Waals surface area contributed by atoms with E-state index in [4.69, 9.17) is 5.73 Å². The molecule has 1 aromatic carbocycles. The Hall–Kier alpha value is -3.16. The van der Waals surface area contributed by atoms with E-state index in [0.717, 1.165) is 18.2 Å². The van der Waals surface area contributed by atoms with Gasteiger partial charge < -0.3 is 16.2 Å². The SMILES string of the molecule is Nc1ccc(C(=O)Nc2cc([N+](=O)[O-])ccc2O)nc1. The van der Waals surface area contributed by atoms with E-state index >= 15 is 0 Å². The molecular formula is C12H10N4O4. The number of aromatic nitrogens is 1. The van der Waals surface area contributed by atoms with Gasteiger partial charge in [-0.05, 0) is 18.2 Å². The fraction of sp³-hybridized carbons (Fsp3) is 0. The molecule has 102 valence electrons. The lowest BCUT2D eigenvalue weighted by Gasteiger charge is -2.06. The normalized spacial score (nSPS) is 10.0. The Kier molecular flexibility index (Phi) is 3.47. The molecule has 0 unspecified atom stereocenters. The number of nitrogen functional groups attached to an aromatic ring is 1. The van der Waals surface area contributed by atoms with Gasteiger partial charge in [-0.25, -0.2) is 4.98 Å². The van der Waals surface area contributed by atoms with Gasteiger partial charge in [0.15, 0.2) is 0 Å². The first-order chi connectivity index (χ1) is 9.47. The summed E-state index contributed by atoms with van der Waals surface area (Å²) < 4.78 is 0. The van der Waals surface area contributed by atoms with E-state index in [9.17, 15) is 20.0 Å². The number of aromatic hydroxyl groups is 1. The van der Waals surface area contributed by atoms with Gasteiger partial charge in [-0.15, -0.1) is 0 Å². The second-order valence-corrected chi connectivity index (χ2v) is 3.89. The zero-order valence-electron chi connectivity index (χ0n) is 10.1. The van der Waals surface area contributed by atoms with Crippen LogP contribution in [0, 0.1) is 10.1 Å². The number of hydrogen-bond donors (Lipinski definition) is 3. The van der Waals surface area contributed by atoms with Gasteiger partial charge in [0, 0.05) is 12.1 Å². The summed E-state index contributed by atoms with van der Waals surface area (Å²) in [6.07, 6.45) is 1.31. The summed E-state index contributed by atoms with van der Waals surface area (Å²) in [5.41, 5.74) is 5.61. The van der Waals surface area contributed by atoms with Crippen molar-refractivity contribution in [2.24, 2.45) is 0 Å². The summed E-state index contributed by atoms with van der Waals surface area (Å²) in [4.78, 5) is 25.7. The number of benzene rings is 1. The van der Waals surface area contributed by atoms with Crippen molar-refractivity contribution in [3.05, 3.63) is 52.3 Å². The molecule has 8 nitrogen and oxygen atoms in total. The topological polar surface area (TPSA) is 131 Å². The molecule has 1 aromatic heterocycles. The largest absolute Gasteiger partial charge is 0.506 e. The Balaban J connectivity index is 2.25. The number of hydrogen-bond acceptors (Lipinski definition) is 6. The fourth-order valence-electron chi connectivity index (χ4n) is 1.46. The van der Waals surface area contributed by atoms with Gasteiger partial charge in [0.05, 0.1) is 22.5 Å². The summed E-state index contributed by atoms with van der Waals surface area (Å²) in [5, 5.41) is 22.6. The van der Waals surface area contributed by atoms with Gasteiger partial charge >= 0.3 is 0 Å². The van der Waals surface area contributed by atoms with Gasteiger partial charge in [-0.1, -0.05) is 0 Å². The Bertz CT molecular complexity index is 670. The van der Waals surface area contributed by atoms with E-state index in [2.05, 4.69) is 10.3 Å². The number of nitro groups is 1. The van der Waals surface area contributed by atoms with Crippen molar-refractivity contribution in [2.45, 2.75) is 0 Å². The number of nitrogens with two attached hydrogens (primary N) is 1. The minimum Gasteiger partial charge on any atom is -0.506 e. The first-order valence-corrected chi connectivity index (χ1v) is 5.47. The molecule has 1 amide bonds. The molecule has 0 aliphatic heterocycles. The highest BCUT2D eigenvalue weighted by Crippen LogP contribution is 2.28. The average Bonchev–Trinajstić information content (AvgIpc) is 2.41. The molecule has 0 spiro atoms. The summed E-state index contributed by atoms with van der Waals surface area (Å²) >= 11 is 0. The van der Waals surface area contributed by atoms with Crippen molar-refractivity contribution in [1.29, 1.82) is 0 Å². The maximum atomic E-state index is 11.9. The lowest BCUT2D eigenvalue weighted by atomic mass is 10.2. The Morgan fingerprint density at radius 3 is 2.70 bits per heavy atom. The second-order valence-electron chi connectivity index (χ2n) is 3.89. The zero-order chi connectivity index (χ0) is 14.7. The molecule has 20 heavy (non-hydrogen) atoms. The third kappa shape index (κ3) is 2.80. The first-order valence-electron chi connectivity index (χ1n) is 5.47. The number of nitrogens with zero attached hydrogens (tertiary/aromatic N) is 2. The van der Waals surface area contributed by atoms with Crippen molar-refractivity contribution >= 4 is 23.0 Å². The van der Waals surface area contributed by atoms with Crippen molar-refractivity contribution in [2.75, 3.05) is 11.1 Å². The number of carbonyl (C=O) groups excluding carboxylic acids is 1. The fourth-order valence-corrected chi connectivity index (χ4v) is 1.46. The predicted octanol–water partition coefficient (Wildman–Crippen LogP) is 1.53. The van der Waals surface area contributed by atoms with Crippen LogP contribution in [0.4, 0.5) is 17.1 Å².